The van der Waals surface area contributed by atoms with E-state index in [1.165, 1.54) is 16.6 Å². The fourth-order valence-electron chi connectivity index (χ4n) is 1.60. The van der Waals surface area contributed by atoms with E-state index in [0.717, 1.165) is 11.3 Å². The largest absolute Gasteiger partial charge is 0.399 e. The molecular formula is C14H15ClN2OS2. The monoisotopic (exact) mass is 326 g/mol. The highest BCUT2D eigenvalue weighted by Crippen LogP contribution is 2.28. The molecule has 20 heavy (non-hydrogen) atoms. The predicted molar refractivity (Wildman–Crippen MR) is 87.6 cm³/mol. The van der Waals surface area contributed by atoms with Crippen molar-refractivity contribution in [3.63, 3.8) is 0 Å². The number of nitrogens with two attached hydrogens (primary N) is 1. The van der Waals surface area contributed by atoms with Crippen molar-refractivity contribution < 1.29 is 4.79 Å². The van der Waals surface area contributed by atoms with Gasteiger partial charge in [0, 0.05) is 22.0 Å². The lowest BCUT2D eigenvalue weighted by molar-refractivity contribution is -0.118. The summed E-state index contributed by atoms with van der Waals surface area (Å²) in [6, 6.07) is 9.35. The maximum Gasteiger partial charge on any atom is 0.230 e. The van der Waals surface area contributed by atoms with E-state index >= 15 is 0 Å². The summed E-state index contributed by atoms with van der Waals surface area (Å²) in [4.78, 5) is 13.8. The van der Waals surface area contributed by atoms with E-state index in [1.54, 1.807) is 29.5 Å². The van der Waals surface area contributed by atoms with E-state index in [-0.39, 0.29) is 5.91 Å². The minimum absolute atomic E-state index is 0.00467. The summed E-state index contributed by atoms with van der Waals surface area (Å²) >= 11 is 9.14. The molecule has 1 heterocycles. The van der Waals surface area contributed by atoms with Gasteiger partial charge in [0.25, 0.3) is 0 Å². The number of carbonyl (C=O) groups excluding carboxylic acids is 1. The van der Waals surface area contributed by atoms with Crippen LogP contribution < -0.4 is 11.1 Å². The van der Waals surface area contributed by atoms with Gasteiger partial charge in [-0.3, -0.25) is 4.79 Å². The summed E-state index contributed by atoms with van der Waals surface area (Å²) in [7, 11) is 0. The number of thioether (sulfide) groups is 1. The molecule has 3 nitrogen and oxygen atoms in total. The van der Waals surface area contributed by atoms with Crippen LogP contribution in [-0.2, 0) is 11.2 Å². The highest BCUT2D eigenvalue weighted by atomic mass is 35.5. The Labute approximate surface area is 131 Å². The first-order valence-electron chi connectivity index (χ1n) is 6.12. The SMILES string of the molecule is Nc1ccc(Cl)c(SCC(=O)NCCc2cccs2)c1. The van der Waals surface area contributed by atoms with E-state index in [2.05, 4.69) is 11.4 Å². The molecule has 0 saturated carbocycles. The van der Waals surface area contributed by atoms with Crippen molar-refractivity contribution in [1.82, 2.24) is 5.32 Å². The lowest BCUT2D eigenvalue weighted by Crippen LogP contribution is -2.27. The second-order valence-corrected chi connectivity index (χ2v) is 6.61. The molecule has 0 radical (unpaired) electrons. The topological polar surface area (TPSA) is 55.1 Å². The molecule has 0 aliphatic carbocycles. The van der Waals surface area contributed by atoms with Crippen LogP contribution in [0.15, 0.2) is 40.6 Å². The van der Waals surface area contributed by atoms with Gasteiger partial charge >= 0.3 is 0 Å². The molecule has 0 bridgehead atoms. The van der Waals surface area contributed by atoms with Crippen LogP contribution in [0.3, 0.4) is 0 Å². The Kier molecular flexibility index (Phi) is 5.76. The van der Waals surface area contributed by atoms with Crippen LogP contribution >= 0.6 is 34.7 Å². The first-order chi connectivity index (χ1) is 9.65. The average Bonchev–Trinajstić information content (AvgIpc) is 2.93. The molecule has 106 valence electrons. The highest BCUT2D eigenvalue weighted by molar-refractivity contribution is 8.00. The summed E-state index contributed by atoms with van der Waals surface area (Å²) in [6.45, 7) is 0.657. The Morgan fingerprint density at radius 2 is 2.25 bits per heavy atom. The molecule has 0 atom stereocenters. The highest BCUT2D eigenvalue weighted by Gasteiger charge is 2.06. The molecule has 2 aromatic rings. The van der Waals surface area contributed by atoms with E-state index < -0.39 is 0 Å². The molecule has 6 heteroatoms. The minimum atomic E-state index is 0.00467. The standard InChI is InChI=1S/C14H15ClN2OS2/c15-12-4-3-10(16)8-13(12)20-9-14(18)17-6-5-11-2-1-7-19-11/h1-4,7-8H,5-6,9,16H2,(H,17,18). The third-order valence-electron chi connectivity index (χ3n) is 2.59. The first kappa shape index (κ1) is 15.2. The zero-order valence-electron chi connectivity index (χ0n) is 10.8. The Hall–Kier alpha value is -1.17. The van der Waals surface area contributed by atoms with E-state index in [4.69, 9.17) is 17.3 Å². The van der Waals surface area contributed by atoms with Gasteiger partial charge in [-0.1, -0.05) is 17.7 Å². The van der Waals surface area contributed by atoms with Crippen LogP contribution in [0.2, 0.25) is 5.02 Å². The normalized spacial score (nSPS) is 10.4. The van der Waals surface area contributed by atoms with Gasteiger partial charge in [0.1, 0.15) is 0 Å². The van der Waals surface area contributed by atoms with Gasteiger partial charge in [0.2, 0.25) is 5.91 Å². The quantitative estimate of drug-likeness (QED) is 0.631. The third kappa shape index (κ3) is 4.74. The maximum absolute atomic E-state index is 11.7. The number of hydrogen-bond acceptors (Lipinski definition) is 4. The number of benzene rings is 1. The Bertz CT molecular complexity index is 573. The molecule has 3 N–H and O–H groups in total. The number of halogens is 1. The van der Waals surface area contributed by atoms with Crippen LogP contribution in [-0.4, -0.2) is 18.2 Å². The van der Waals surface area contributed by atoms with E-state index in [9.17, 15) is 4.79 Å². The molecule has 1 aromatic heterocycles. The molecule has 0 spiro atoms. The van der Waals surface area contributed by atoms with E-state index in [0.29, 0.717) is 23.0 Å². The number of nitrogen functional groups attached to an aromatic ring is 1. The predicted octanol–water partition coefficient (Wildman–Crippen LogP) is 3.43. The van der Waals surface area contributed by atoms with Crippen molar-refractivity contribution >= 4 is 46.3 Å². The molecule has 0 aliphatic heterocycles. The molecule has 0 fully saturated rings. The van der Waals surface area contributed by atoms with Crippen LogP contribution in [0.4, 0.5) is 5.69 Å². The van der Waals surface area contributed by atoms with Crippen LogP contribution in [0, 0.1) is 0 Å². The lowest BCUT2D eigenvalue weighted by atomic mass is 10.3. The van der Waals surface area contributed by atoms with E-state index in [1.807, 2.05) is 11.4 Å². The number of amides is 1. The zero-order valence-corrected chi connectivity index (χ0v) is 13.2. The fraction of sp³-hybridized carbons (Fsp3) is 0.214. The summed E-state index contributed by atoms with van der Waals surface area (Å²) < 4.78 is 0. The smallest absolute Gasteiger partial charge is 0.230 e. The van der Waals surface area contributed by atoms with Gasteiger partial charge in [-0.25, -0.2) is 0 Å². The van der Waals surface area contributed by atoms with Gasteiger partial charge < -0.3 is 11.1 Å². The summed E-state index contributed by atoms with van der Waals surface area (Å²) in [5.74, 6) is 0.346. The molecule has 0 aliphatic rings. The summed E-state index contributed by atoms with van der Waals surface area (Å²) in [6.07, 6.45) is 0.868. The van der Waals surface area contributed by atoms with Gasteiger partial charge in [-0.2, -0.15) is 0 Å². The average molecular weight is 327 g/mol. The van der Waals surface area contributed by atoms with Gasteiger partial charge in [0.05, 0.1) is 10.8 Å². The maximum atomic E-state index is 11.7. The number of nitrogens with one attached hydrogen (secondary N) is 1. The Balaban J connectivity index is 1.73. The summed E-state index contributed by atoms with van der Waals surface area (Å²) in [5.41, 5.74) is 6.35. The minimum Gasteiger partial charge on any atom is -0.399 e. The molecular weight excluding hydrogens is 312 g/mol. The number of carbonyl (C=O) groups is 1. The van der Waals surface area contributed by atoms with Crippen molar-refractivity contribution in [3.05, 3.63) is 45.6 Å². The lowest BCUT2D eigenvalue weighted by Gasteiger charge is -2.06. The van der Waals surface area contributed by atoms with Crippen molar-refractivity contribution in [2.75, 3.05) is 18.0 Å². The molecule has 2 rings (SSSR count). The Morgan fingerprint density at radius 1 is 1.40 bits per heavy atom. The van der Waals surface area contributed by atoms with Crippen LogP contribution in [0.1, 0.15) is 4.88 Å². The fourth-order valence-corrected chi connectivity index (χ4v) is 3.41. The number of thiophene rings is 1. The number of hydrogen-bond donors (Lipinski definition) is 2. The Morgan fingerprint density at radius 3 is 3.00 bits per heavy atom. The second kappa shape index (κ2) is 7.57. The molecule has 0 unspecified atom stereocenters. The first-order valence-corrected chi connectivity index (χ1v) is 8.36. The molecule has 1 amide bonds. The van der Waals surface area contributed by atoms with Crippen molar-refractivity contribution in [1.29, 1.82) is 0 Å². The number of anilines is 1. The van der Waals surface area contributed by atoms with Crippen LogP contribution in [0.25, 0.3) is 0 Å². The van der Waals surface area contributed by atoms with Gasteiger partial charge in [-0.05, 0) is 36.1 Å². The summed E-state index contributed by atoms with van der Waals surface area (Å²) in [5, 5.41) is 5.56. The second-order valence-electron chi connectivity index (χ2n) is 4.16. The number of rotatable bonds is 6. The molecule has 0 saturated heterocycles. The van der Waals surface area contributed by atoms with Gasteiger partial charge in [0.15, 0.2) is 0 Å². The third-order valence-corrected chi connectivity index (χ3v) is 5.02. The van der Waals surface area contributed by atoms with Gasteiger partial charge in [-0.15, -0.1) is 23.1 Å². The van der Waals surface area contributed by atoms with Crippen molar-refractivity contribution in [2.24, 2.45) is 0 Å². The van der Waals surface area contributed by atoms with Crippen molar-refractivity contribution in [3.8, 4) is 0 Å². The van der Waals surface area contributed by atoms with Crippen LogP contribution in [0.5, 0.6) is 0 Å². The van der Waals surface area contributed by atoms with Crippen molar-refractivity contribution in [2.45, 2.75) is 11.3 Å². The zero-order chi connectivity index (χ0) is 14.4. The molecule has 1 aromatic carbocycles.